The molecule has 0 amide bonds. The molecule has 0 saturated carbocycles. The lowest BCUT2D eigenvalue weighted by Gasteiger charge is -2.37. The number of hydrogen-bond donors (Lipinski definition) is 1. The minimum absolute atomic E-state index is 0.233. The van der Waals surface area contributed by atoms with Gasteiger partial charge in [0.2, 0.25) is 0 Å². The van der Waals surface area contributed by atoms with Gasteiger partial charge in [-0.3, -0.25) is 9.88 Å². The van der Waals surface area contributed by atoms with E-state index in [0.29, 0.717) is 12.1 Å². The average Bonchev–Trinajstić information content (AvgIpc) is 2.82. The molecule has 0 aromatic carbocycles. The van der Waals surface area contributed by atoms with Crippen molar-refractivity contribution in [1.29, 1.82) is 0 Å². The number of allylic oxidation sites excluding steroid dienone is 4. The summed E-state index contributed by atoms with van der Waals surface area (Å²) in [6.07, 6.45) is 11.8. The van der Waals surface area contributed by atoms with E-state index in [1.165, 1.54) is 6.20 Å². The Bertz CT molecular complexity index is 697. The molecule has 0 radical (unpaired) electrons. The molecule has 126 valence electrons. The van der Waals surface area contributed by atoms with Crippen LogP contribution in [0.1, 0.15) is 12.0 Å². The number of rotatable bonds is 4. The van der Waals surface area contributed by atoms with E-state index < -0.39 is 0 Å². The fourth-order valence-corrected chi connectivity index (χ4v) is 2.99. The van der Waals surface area contributed by atoms with Crippen LogP contribution in [0.4, 0.5) is 4.39 Å². The van der Waals surface area contributed by atoms with Crippen LogP contribution in [-0.4, -0.2) is 41.0 Å². The van der Waals surface area contributed by atoms with Crippen molar-refractivity contribution in [2.45, 2.75) is 13.0 Å². The third-order valence-corrected chi connectivity index (χ3v) is 4.48. The first-order chi connectivity index (χ1) is 11.6. The van der Waals surface area contributed by atoms with Crippen molar-refractivity contribution in [3.63, 3.8) is 0 Å². The fraction of sp³-hybridized carbons (Fsp3) is 0.316. The van der Waals surface area contributed by atoms with E-state index in [0.717, 1.165) is 49.6 Å². The van der Waals surface area contributed by atoms with E-state index in [2.05, 4.69) is 27.4 Å². The molecule has 0 spiro atoms. The van der Waals surface area contributed by atoms with Crippen LogP contribution in [0.25, 0.3) is 0 Å². The predicted molar refractivity (Wildman–Crippen MR) is 94.3 cm³/mol. The number of piperazine rings is 1. The zero-order valence-corrected chi connectivity index (χ0v) is 13.8. The largest absolute Gasteiger partial charge is 0.399 e. The molecule has 24 heavy (non-hydrogen) atoms. The summed E-state index contributed by atoms with van der Waals surface area (Å²) < 4.78 is 13.7. The van der Waals surface area contributed by atoms with Crippen molar-refractivity contribution < 1.29 is 4.39 Å². The van der Waals surface area contributed by atoms with E-state index >= 15 is 0 Å². The molecular formula is C19H23FN4. The fourth-order valence-electron chi connectivity index (χ4n) is 2.99. The Balaban J connectivity index is 1.55. The lowest BCUT2D eigenvalue weighted by atomic mass is 10.1. The summed E-state index contributed by atoms with van der Waals surface area (Å²) in [5, 5.41) is 0. The number of halogens is 1. The second-order valence-electron chi connectivity index (χ2n) is 6.11. The second kappa shape index (κ2) is 7.45. The summed E-state index contributed by atoms with van der Waals surface area (Å²) in [6, 6.07) is 1.75. The number of pyridine rings is 1. The molecule has 5 heteroatoms. The standard InChI is InChI=1S/C19H23FN4/c1-15(16-3-2-4-18(21)6-5-16)24-11-9-23(10-12-24)14-17-7-8-22-13-19(17)20/h3-8,13H,1-2,9-12,14,21H2. The summed E-state index contributed by atoms with van der Waals surface area (Å²) in [7, 11) is 0. The van der Waals surface area contributed by atoms with Crippen LogP contribution in [0.15, 0.2) is 66.3 Å². The molecule has 4 nitrogen and oxygen atoms in total. The zero-order valence-electron chi connectivity index (χ0n) is 13.8. The van der Waals surface area contributed by atoms with Gasteiger partial charge in [0.1, 0.15) is 5.82 Å². The molecule has 2 N–H and O–H groups in total. The molecule has 1 fully saturated rings. The Morgan fingerprint density at radius 2 is 2.00 bits per heavy atom. The zero-order chi connectivity index (χ0) is 16.9. The minimum Gasteiger partial charge on any atom is -0.399 e. The summed E-state index contributed by atoms with van der Waals surface area (Å²) >= 11 is 0. The van der Waals surface area contributed by atoms with Crippen molar-refractivity contribution in [2.24, 2.45) is 5.73 Å². The van der Waals surface area contributed by atoms with Gasteiger partial charge in [0.15, 0.2) is 0 Å². The maximum absolute atomic E-state index is 13.7. The monoisotopic (exact) mass is 326 g/mol. The maximum Gasteiger partial charge on any atom is 0.145 e. The Kier molecular flexibility index (Phi) is 5.11. The molecule has 1 aliphatic carbocycles. The highest BCUT2D eigenvalue weighted by Gasteiger charge is 2.20. The van der Waals surface area contributed by atoms with Crippen LogP contribution >= 0.6 is 0 Å². The predicted octanol–water partition coefficient (Wildman–Crippen LogP) is 2.58. The van der Waals surface area contributed by atoms with Gasteiger partial charge in [-0.2, -0.15) is 0 Å². The molecule has 1 aromatic rings. The van der Waals surface area contributed by atoms with Gasteiger partial charge in [0.25, 0.3) is 0 Å². The summed E-state index contributed by atoms with van der Waals surface area (Å²) in [4.78, 5) is 8.35. The van der Waals surface area contributed by atoms with E-state index in [1.807, 2.05) is 18.2 Å². The highest BCUT2D eigenvalue weighted by atomic mass is 19.1. The first-order valence-corrected chi connectivity index (χ1v) is 8.22. The molecule has 0 atom stereocenters. The van der Waals surface area contributed by atoms with Gasteiger partial charge in [0, 0.05) is 55.9 Å². The van der Waals surface area contributed by atoms with Gasteiger partial charge < -0.3 is 10.6 Å². The summed E-state index contributed by atoms with van der Waals surface area (Å²) in [6.45, 7) is 8.42. The molecule has 1 aliphatic heterocycles. The molecule has 2 aliphatic rings. The maximum atomic E-state index is 13.7. The number of aromatic nitrogens is 1. The van der Waals surface area contributed by atoms with Gasteiger partial charge in [-0.1, -0.05) is 24.8 Å². The molecule has 1 aromatic heterocycles. The van der Waals surface area contributed by atoms with Crippen molar-refractivity contribution in [3.8, 4) is 0 Å². The molecule has 2 heterocycles. The van der Waals surface area contributed by atoms with Gasteiger partial charge in [-0.15, -0.1) is 0 Å². The van der Waals surface area contributed by atoms with Crippen molar-refractivity contribution in [1.82, 2.24) is 14.8 Å². The van der Waals surface area contributed by atoms with Gasteiger partial charge in [0.05, 0.1) is 6.20 Å². The average molecular weight is 326 g/mol. The lowest BCUT2D eigenvalue weighted by Crippen LogP contribution is -2.45. The van der Waals surface area contributed by atoms with Crippen molar-refractivity contribution in [2.75, 3.05) is 26.2 Å². The highest BCUT2D eigenvalue weighted by Crippen LogP contribution is 2.21. The van der Waals surface area contributed by atoms with Crippen LogP contribution in [0.5, 0.6) is 0 Å². The summed E-state index contributed by atoms with van der Waals surface area (Å²) in [5.74, 6) is -0.233. The van der Waals surface area contributed by atoms with Gasteiger partial charge >= 0.3 is 0 Å². The van der Waals surface area contributed by atoms with E-state index in [1.54, 1.807) is 12.3 Å². The molecule has 0 unspecified atom stereocenters. The normalized spacial score (nSPS) is 18.8. The Morgan fingerprint density at radius 3 is 2.75 bits per heavy atom. The quantitative estimate of drug-likeness (QED) is 0.924. The molecule has 1 saturated heterocycles. The van der Waals surface area contributed by atoms with Gasteiger partial charge in [-0.25, -0.2) is 4.39 Å². The van der Waals surface area contributed by atoms with Crippen LogP contribution < -0.4 is 5.73 Å². The second-order valence-corrected chi connectivity index (χ2v) is 6.11. The van der Waals surface area contributed by atoms with E-state index in [-0.39, 0.29) is 5.82 Å². The third-order valence-electron chi connectivity index (χ3n) is 4.48. The van der Waals surface area contributed by atoms with Crippen molar-refractivity contribution >= 4 is 0 Å². The highest BCUT2D eigenvalue weighted by molar-refractivity contribution is 5.42. The van der Waals surface area contributed by atoms with Gasteiger partial charge in [-0.05, 0) is 24.1 Å². The smallest absolute Gasteiger partial charge is 0.145 e. The number of nitrogens with zero attached hydrogens (tertiary/aromatic N) is 3. The molecular weight excluding hydrogens is 303 g/mol. The SMILES string of the molecule is C=C(C1=CCC=C(N)C=C1)N1CCN(Cc2ccncc2F)CC1. The molecule has 3 rings (SSSR count). The van der Waals surface area contributed by atoms with Crippen LogP contribution in [0.3, 0.4) is 0 Å². The lowest BCUT2D eigenvalue weighted by molar-refractivity contribution is 0.154. The van der Waals surface area contributed by atoms with Crippen LogP contribution in [-0.2, 0) is 6.54 Å². The van der Waals surface area contributed by atoms with Crippen LogP contribution in [0.2, 0.25) is 0 Å². The summed E-state index contributed by atoms with van der Waals surface area (Å²) in [5.41, 5.74) is 9.48. The Labute approximate surface area is 142 Å². The Hall–Kier alpha value is -2.40. The van der Waals surface area contributed by atoms with E-state index in [9.17, 15) is 4.39 Å². The topological polar surface area (TPSA) is 45.4 Å². The number of hydrogen-bond acceptors (Lipinski definition) is 4. The molecule has 0 bridgehead atoms. The van der Waals surface area contributed by atoms with E-state index in [4.69, 9.17) is 5.73 Å². The van der Waals surface area contributed by atoms with Crippen LogP contribution in [0, 0.1) is 5.82 Å². The first kappa shape index (κ1) is 16.5. The first-order valence-electron chi connectivity index (χ1n) is 8.22. The van der Waals surface area contributed by atoms with Crippen molar-refractivity contribution in [3.05, 3.63) is 77.7 Å². The minimum atomic E-state index is -0.233. The number of nitrogens with two attached hydrogens (primary N) is 1. The Morgan fingerprint density at radius 1 is 1.21 bits per heavy atom. The third kappa shape index (κ3) is 3.92.